The Morgan fingerprint density at radius 1 is 0.487 bits per heavy atom. The summed E-state index contributed by atoms with van der Waals surface area (Å²) in [5, 5.41) is 5.93. The van der Waals surface area contributed by atoms with Crippen LogP contribution in [0.25, 0.3) is 0 Å². The lowest BCUT2D eigenvalue weighted by atomic mass is 10.0. The van der Waals surface area contributed by atoms with E-state index in [9.17, 15) is 9.59 Å². The molecule has 8 heteroatoms. The van der Waals surface area contributed by atoms with Crippen LogP contribution in [0.15, 0.2) is 72.8 Å². The molecule has 2 aromatic carbocycles. The summed E-state index contributed by atoms with van der Waals surface area (Å²) in [5.41, 5.74) is 0. The molecule has 0 spiro atoms. The Morgan fingerprint density at radius 2 is 0.838 bits per heavy atom. The summed E-state index contributed by atoms with van der Waals surface area (Å²) in [6, 6.07) is 21.5. The first-order valence-corrected chi connectivity index (χ1v) is 38.9. The van der Waals surface area contributed by atoms with Crippen LogP contribution in [0.2, 0.25) is 23.2 Å². The molecule has 6 nitrogen and oxygen atoms in total. The van der Waals surface area contributed by atoms with Gasteiger partial charge in [0.25, 0.3) is 8.32 Å². The number of esters is 1. The number of nitrogens with one attached hydrogen (secondary N) is 1. The van der Waals surface area contributed by atoms with Gasteiger partial charge in [-0.2, -0.15) is 0 Å². The van der Waals surface area contributed by atoms with E-state index in [4.69, 9.17) is 13.6 Å². The highest BCUT2D eigenvalue weighted by Gasteiger charge is 2.51. The monoisotopic (exact) mass is 1140 g/mol. The maximum atomic E-state index is 14.2. The predicted molar refractivity (Wildman–Crippen MR) is 354 cm³/mol. The lowest BCUT2D eigenvalue weighted by Gasteiger charge is -2.45. The number of unbranched alkanes of at least 4 members (excludes halogenated alkanes) is 37. The van der Waals surface area contributed by atoms with E-state index in [1.165, 1.54) is 242 Å². The van der Waals surface area contributed by atoms with E-state index in [1.54, 1.807) is 0 Å². The van der Waals surface area contributed by atoms with Crippen LogP contribution >= 0.6 is 0 Å². The number of rotatable bonds is 52. The van der Waals surface area contributed by atoms with Crippen molar-refractivity contribution in [1.29, 1.82) is 0 Å². The highest BCUT2D eigenvalue weighted by Crippen LogP contribution is 2.39. The first kappa shape index (κ1) is 73.6. The van der Waals surface area contributed by atoms with Gasteiger partial charge in [-0.1, -0.05) is 346 Å². The van der Waals surface area contributed by atoms with Gasteiger partial charge in [0.2, 0.25) is 5.91 Å². The maximum absolute atomic E-state index is 14.2. The predicted octanol–water partition coefficient (Wildman–Crippen LogP) is 21.2. The highest BCUT2D eigenvalue weighted by molar-refractivity contribution is 6.99. The number of benzene rings is 2. The summed E-state index contributed by atoms with van der Waals surface area (Å²) in [5.74, 6) is -0.0402. The lowest BCUT2D eigenvalue weighted by Crippen LogP contribution is -2.68. The second-order valence-electron chi connectivity index (χ2n) is 26.9. The fourth-order valence-electron chi connectivity index (χ4n) is 11.4. The largest absolute Gasteiger partial charge is 0.466 e. The summed E-state index contributed by atoms with van der Waals surface area (Å²) in [7, 11) is -5.13. The topological polar surface area (TPSA) is 73.9 Å². The minimum Gasteiger partial charge on any atom is -0.466 e. The molecule has 0 aliphatic carbocycles. The number of hydrogen-bond donors (Lipinski definition) is 1. The summed E-state index contributed by atoms with van der Waals surface area (Å²) < 4.78 is 20.0. The Labute approximate surface area is 498 Å². The van der Waals surface area contributed by atoms with E-state index >= 15 is 0 Å². The minimum atomic E-state index is -2.88. The normalized spacial score (nSPS) is 13.3. The molecule has 0 aromatic heterocycles. The molecule has 2 rings (SSSR count). The van der Waals surface area contributed by atoms with Crippen molar-refractivity contribution in [2.45, 2.75) is 348 Å². The molecule has 0 bridgehead atoms. The van der Waals surface area contributed by atoms with Gasteiger partial charge < -0.3 is 18.9 Å². The van der Waals surface area contributed by atoms with Crippen molar-refractivity contribution in [3.8, 4) is 0 Å². The molecule has 0 fully saturated rings. The zero-order chi connectivity index (χ0) is 58.5. The molecular weight excluding hydrogens is 1010 g/mol. The number of ether oxygens (including phenoxy) is 1. The number of amides is 1. The molecule has 0 saturated carbocycles. The molecule has 0 unspecified atom stereocenters. The van der Waals surface area contributed by atoms with Crippen molar-refractivity contribution >= 4 is 38.9 Å². The first-order chi connectivity index (χ1) is 38.5. The molecule has 0 heterocycles. The van der Waals surface area contributed by atoms with Crippen LogP contribution in [0.5, 0.6) is 0 Å². The molecule has 460 valence electrons. The van der Waals surface area contributed by atoms with Crippen LogP contribution < -0.4 is 15.7 Å². The number of hydrogen-bond acceptors (Lipinski definition) is 5. The fraction of sp³-hybridized carbons (Fsp3) is 0.778. The third-order valence-corrected chi connectivity index (χ3v) is 27.0. The third-order valence-electron chi connectivity index (χ3n) is 17.5. The van der Waals surface area contributed by atoms with Crippen molar-refractivity contribution in [2.75, 3.05) is 13.2 Å². The van der Waals surface area contributed by atoms with Gasteiger partial charge in [0, 0.05) is 13.3 Å². The van der Waals surface area contributed by atoms with Gasteiger partial charge in [-0.05, 0) is 59.2 Å². The van der Waals surface area contributed by atoms with E-state index in [-0.39, 0.29) is 34.1 Å². The number of allylic oxidation sites excluding steroid dienone is 1. The Morgan fingerprint density at radius 3 is 1.19 bits per heavy atom. The van der Waals surface area contributed by atoms with E-state index in [1.807, 2.05) is 0 Å². The smallest absolute Gasteiger partial charge is 0.302 e. The van der Waals surface area contributed by atoms with Crippen LogP contribution in [-0.4, -0.2) is 53.9 Å². The number of carbonyl (C=O) groups excluding carboxylic acids is 2. The van der Waals surface area contributed by atoms with E-state index in [0.29, 0.717) is 19.6 Å². The third kappa shape index (κ3) is 34.3. The van der Waals surface area contributed by atoms with Crippen molar-refractivity contribution in [3.05, 3.63) is 72.8 Å². The zero-order valence-electron chi connectivity index (χ0n) is 54.3. The van der Waals surface area contributed by atoms with E-state index in [0.717, 1.165) is 25.7 Å². The van der Waals surface area contributed by atoms with Gasteiger partial charge in [-0.15, -0.1) is 0 Å². The minimum absolute atomic E-state index is 0.0155. The SMILES string of the molecule is CCCCCCCCCCCCC/C=C/[C@@H](O[Si](C)(C)C(C)(C)C)[C@H](CO[Si](c1ccccc1)(c1ccccc1)C(C)(C)C)NC(=O)CCCCCCCCCCCCCCCCCCCCCCCCCCCCCOC(C)=O. The highest BCUT2D eigenvalue weighted by atomic mass is 28.4. The summed E-state index contributed by atoms with van der Waals surface area (Å²) in [6.07, 6.45) is 56.5. The quantitative estimate of drug-likeness (QED) is 0.0309. The van der Waals surface area contributed by atoms with Gasteiger partial charge in [-0.3, -0.25) is 9.59 Å². The van der Waals surface area contributed by atoms with Gasteiger partial charge >= 0.3 is 5.97 Å². The standard InChI is InChI=1S/C72H129NO5Si2/c1-11-12-13-14-15-16-17-33-36-39-42-45-54-61-69(78-79(9,10)71(3,4)5)68(64-77-80(72(6,7)8,66-57-50-48-51-58-66)67-59-52-49-53-60-67)73-70(75)62-55-46-43-40-37-34-31-29-27-25-23-21-19-18-20-22-24-26-28-30-32-35-38-41-44-47-56-63-76-65(2)74/h48-54,57-61,68-69H,11-47,55-56,62-64H2,1-10H3,(H,73,75)/b61-54+/t68-,69+/m0/s1. The molecule has 1 N–H and O–H groups in total. The Balaban J connectivity index is 1.82. The summed E-state index contributed by atoms with van der Waals surface area (Å²) >= 11 is 0. The average Bonchev–Trinajstić information content (AvgIpc) is 3.63. The zero-order valence-corrected chi connectivity index (χ0v) is 56.3. The van der Waals surface area contributed by atoms with Crippen LogP contribution in [0.1, 0.15) is 312 Å². The second-order valence-corrected chi connectivity index (χ2v) is 35.9. The summed E-state index contributed by atoms with van der Waals surface area (Å²) in [4.78, 5) is 25.0. The molecule has 80 heavy (non-hydrogen) atoms. The maximum Gasteiger partial charge on any atom is 0.302 e. The molecule has 1 amide bonds. The van der Waals surface area contributed by atoms with Gasteiger partial charge in [0.05, 0.1) is 25.4 Å². The average molecular weight is 1140 g/mol. The van der Waals surface area contributed by atoms with Crippen molar-refractivity contribution < 1.29 is 23.2 Å². The fourth-order valence-corrected chi connectivity index (χ4v) is 17.3. The summed E-state index contributed by atoms with van der Waals surface area (Å²) in [6.45, 7) is 23.4. The Hall–Kier alpha value is -2.53. The van der Waals surface area contributed by atoms with Crippen LogP contribution in [-0.2, 0) is 23.2 Å². The molecule has 2 aromatic rings. The van der Waals surface area contributed by atoms with Crippen molar-refractivity contribution in [3.63, 3.8) is 0 Å². The Bertz CT molecular complexity index is 1750. The molecular formula is C72H129NO5Si2. The molecule has 0 radical (unpaired) electrons. The van der Waals surface area contributed by atoms with Crippen LogP contribution in [0, 0.1) is 0 Å². The van der Waals surface area contributed by atoms with Crippen LogP contribution in [0.4, 0.5) is 0 Å². The van der Waals surface area contributed by atoms with Gasteiger partial charge in [-0.25, -0.2) is 0 Å². The van der Waals surface area contributed by atoms with E-state index in [2.05, 4.69) is 140 Å². The lowest BCUT2D eigenvalue weighted by molar-refractivity contribution is -0.141. The van der Waals surface area contributed by atoms with Gasteiger partial charge in [0.15, 0.2) is 8.32 Å². The van der Waals surface area contributed by atoms with Crippen LogP contribution in [0.3, 0.4) is 0 Å². The Kier molecular flexibility index (Phi) is 42.2. The van der Waals surface area contributed by atoms with Crippen molar-refractivity contribution in [1.82, 2.24) is 5.32 Å². The molecule has 2 atom stereocenters. The van der Waals surface area contributed by atoms with E-state index < -0.39 is 16.6 Å². The molecule has 0 aliphatic rings. The second kappa shape index (κ2) is 45.8. The molecule has 0 saturated heterocycles. The molecule has 0 aliphatic heterocycles. The van der Waals surface area contributed by atoms with Crippen molar-refractivity contribution in [2.24, 2.45) is 0 Å². The number of carbonyl (C=O) groups is 2. The van der Waals surface area contributed by atoms with Gasteiger partial charge in [0.1, 0.15) is 0 Å². The first-order valence-electron chi connectivity index (χ1n) is 34.1.